The molecule has 0 fully saturated rings. The number of carbonyl (C=O) groups is 1. The molecule has 0 saturated heterocycles. The van der Waals surface area contributed by atoms with Gasteiger partial charge in [0.25, 0.3) is 0 Å². The maximum absolute atomic E-state index is 11.1. The number of nitrogens with zero attached hydrogens (tertiary/aromatic N) is 1. The summed E-state index contributed by atoms with van der Waals surface area (Å²) in [5.41, 5.74) is 5.76. The molecular formula is C11H19N3O. The Morgan fingerprint density at radius 2 is 2.27 bits per heavy atom. The van der Waals surface area contributed by atoms with Gasteiger partial charge in [-0.3, -0.25) is 10.1 Å². The van der Waals surface area contributed by atoms with Gasteiger partial charge in [0.1, 0.15) is 0 Å². The number of hydrogen-bond donors (Lipinski definition) is 2. The van der Waals surface area contributed by atoms with Crippen LogP contribution in [0.25, 0.3) is 0 Å². The second-order valence-electron chi connectivity index (χ2n) is 4.19. The monoisotopic (exact) mass is 209 g/mol. The van der Waals surface area contributed by atoms with Crippen molar-refractivity contribution in [2.45, 2.75) is 39.4 Å². The van der Waals surface area contributed by atoms with Gasteiger partial charge in [-0.2, -0.15) is 0 Å². The van der Waals surface area contributed by atoms with E-state index < -0.39 is 5.54 Å². The van der Waals surface area contributed by atoms with Gasteiger partial charge in [-0.25, -0.2) is 0 Å². The first-order valence-electron chi connectivity index (χ1n) is 5.15. The summed E-state index contributed by atoms with van der Waals surface area (Å²) in [5.74, 6) is -0.336. The molecule has 0 radical (unpaired) electrons. The SMILES string of the molecule is CCn1ccc(CNC(C)(C)C(N)=O)c1. The molecular weight excluding hydrogens is 190 g/mol. The van der Waals surface area contributed by atoms with E-state index in [1.807, 2.05) is 12.3 Å². The van der Waals surface area contributed by atoms with Crippen molar-refractivity contribution in [3.63, 3.8) is 0 Å². The molecule has 0 bridgehead atoms. The quantitative estimate of drug-likeness (QED) is 0.755. The Kier molecular flexibility index (Phi) is 3.52. The van der Waals surface area contributed by atoms with Crippen molar-refractivity contribution in [3.05, 3.63) is 24.0 Å². The molecule has 1 heterocycles. The van der Waals surface area contributed by atoms with Crippen molar-refractivity contribution in [2.75, 3.05) is 0 Å². The predicted molar refractivity (Wildman–Crippen MR) is 60.2 cm³/mol. The average molecular weight is 209 g/mol. The van der Waals surface area contributed by atoms with Crippen LogP contribution < -0.4 is 11.1 Å². The van der Waals surface area contributed by atoms with Crippen molar-refractivity contribution >= 4 is 5.91 Å². The molecule has 0 unspecified atom stereocenters. The Bertz CT molecular complexity index is 341. The molecule has 4 heteroatoms. The molecule has 0 spiro atoms. The molecule has 0 aromatic carbocycles. The Hall–Kier alpha value is -1.29. The number of nitrogens with two attached hydrogens (primary N) is 1. The van der Waals surface area contributed by atoms with E-state index in [2.05, 4.69) is 23.0 Å². The van der Waals surface area contributed by atoms with E-state index in [1.165, 1.54) is 0 Å². The van der Waals surface area contributed by atoms with E-state index in [1.54, 1.807) is 13.8 Å². The normalized spacial score (nSPS) is 11.7. The fraction of sp³-hybridized carbons (Fsp3) is 0.545. The fourth-order valence-electron chi connectivity index (χ4n) is 1.20. The first-order valence-corrected chi connectivity index (χ1v) is 5.15. The standard InChI is InChI=1S/C11H19N3O/c1-4-14-6-5-9(8-14)7-13-11(2,3)10(12)15/h5-6,8,13H,4,7H2,1-3H3,(H2,12,15). The molecule has 84 valence electrons. The number of hydrogen-bond acceptors (Lipinski definition) is 2. The summed E-state index contributed by atoms with van der Waals surface area (Å²) in [4.78, 5) is 11.1. The van der Waals surface area contributed by atoms with Gasteiger partial charge in [-0.1, -0.05) is 0 Å². The molecule has 0 aliphatic rings. The van der Waals surface area contributed by atoms with Gasteiger partial charge in [-0.05, 0) is 32.4 Å². The highest BCUT2D eigenvalue weighted by atomic mass is 16.1. The van der Waals surface area contributed by atoms with Crippen LogP contribution in [0.5, 0.6) is 0 Å². The lowest BCUT2D eigenvalue weighted by Crippen LogP contribution is -2.50. The minimum atomic E-state index is -0.658. The summed E-state index contributed by atoms with van der Waals surface area (Å²) < 4.78 is 2.09. The van der Waals surface area contributed by atoms with E-state index >= 15 is 0 Å². The predicted octanol–water partition coefficient (Wildman–Crippen LogP) is 0.861. The van der Waals surface area contributed by atoms with E-state index in [0.717, 1.165) is 12.1 Å². The topological polar surface area (TPSA) is 60.1 Å². The summed E-state index contributed by atoms with van der Waals surface area (Å²) in [6, 6.07) is 2.04. The Morgan fingerprint density at radius 3 is 2.73 bits per heavy atom. The second kappa shape index (κ2) is 4.49. The van der Waals surface area contributed by atoms with Crippen LogP contribution in [-0.2, 0) is 17.9 Å². The first kappa shape index (κ1) is 11.8. The van der Waals surface area contributed by atoms with Crippen LogP contribution in [0, 0.1) is 0 Å². The molecule has 0 aliphatic carbocycles. The van der Waals surface area contributed by atoms with Gasteiger partial charge in [0.2, 0.25) is 5.91 Å². The maximum Gasteiger partial charge on any atom is 0.237 e. The highest BCUT2D eigenvalue weighted by Crippen LogP contribution is 2.05. The van der Waals surface area contributed by atoms with Crippen molar-refractivity contribution in [2.24, 2.45) is 5.73 Å². The Labute approximate surface area is 90.5 Å². The van der Waals surface area contributed by atoms with E-state index in [9.17, 15) is 4.79 Å². The highest BCUT2D eigenvalue weighted by Gasteiger charge is 2.23. The lowest BCUT2D eigenvalue weighted by atomic mass is 10.1. The van der Waals surface area contributed by atoms with Gasteiger partial charge in [0, 0.05) is 25.5 Å². The van der Waals surface area contributed by atoms with Gasteiger partial charge in [0.05, 0.1) is 5.54 Å². The molecule has 3 N–H and O–H groups in total. The third kappa shape index (κ3) is 3.09. The zero-order valence-electron chi connectivity index (χ0n) is 9.58. The smallest absolute Gasteiger partial charge is 0.237 e. The zero-order valence-corrected chi connectivity index (χ0v) is 9.58. The molecule has 1 aromatic heterocycles. The molecule has 4 nitrogen and oxygen atoms in total. The van der Waals surface area contributed by atoms with Gasteiger partial charge < -0.3 is 10.3 Å². The van der Waals surface area contributed by atoms with Crippen molar-refractivity contribution < 1.29 is 4.79 Å². The highest BCUT2D eigenvalue weighted by molar-refractivity contribution is 5.83. The van der Waals surface area contributed by atoms with Gasteiger partial charge in [0.15, 0.2) is 0 Å². The van der Waals surface area contributed by atoms with Crippen LogP contribution in [0.1, 0.15) is 26.3 Å². The largest absolute Gasteiger partial charge is 0.368 e. The Balaban J connectivity index is 2.53. The second-order valence-corrected chi connectivity index (χ2v) is 4.19. The molecule has 0 aliphatic heterocycles. The molecule has 0 saturated carbocycles. The lowest BCUT2D eigenvalue weighted by Gasteiger charge is -2.21. The van der Waals surface area contributed by atoms with Crippen LogP contribution in [-0.4, -0.2) is 16.0 Å². The minimum absolute atomic E-state index is 0.336. The van der Waals surface area contributed by atoms with Crippen LogP contribution in [0.15, 0.2) is 18.5 Å². The summed E-state index contributed by atoms with van der Waals surface area (Å²) in [6.45, 7) is 7.27. The number of primary amides is 1. The number of nitrogens with one attached hydrogen (secondary N) is 1. The average Bonchev–Trinajstić information content (AvgIpc) is 2.62. The van der Waals surface area contributed by atoms with Crippen molar-refractivity contribution in [1.82, 2.24) is 9.88 Å². The third-order valence-corrected chi connectivity index (χ3v) is 2.53. The first-order chi connectivity index (χ1) is 6.95. The van der Waals surface area contributed by atoms with Crippen LogP contribution >= 0.6 is 0 Å². The lowest BCUT2D eigenvalue weighted by molar-refractivity contribution is -0.123. The summed E-state index contributed by atoms with van der Waals surface area (Å²) in [7, 11) is 0. The molecule has 0 atom stereocenters. The Morgan fingerprint density at radius 1 is 1.60 bits per heavy atom. The van der Waals surface area contributed by atoms with Crippen LogP contribution in [0.4, 0.5) is 0 Å². The van der Waals surface area contributed by atoms with Crippen LogP contribution in [0.2, 0.25) is 0 Å². The maximum atomic E-state index is 11.1. The zero-order chi connectivity index (χ0) is 11.5. The molecule has 1 aromatic rings. The van der Waals surface area contributed by atoms with E-state index in [-0.39, 0.29) is 5.91 Å². The van der Waals surface area contributed by atoms with Gasteiger partial charge in [-0.15, -0.1) is 0 Å². The molecule has 15 heavy (non-hydrogen) atoms. The summed E-state index contributed by atoms with van der Waals surface area (Å²) in [5, 5.41) is 3.12. The summed E-state index contributed by atoms with van der Waals surface area (Å²) >= 11 is 0. The van der Waals surface area contributed by atoms with Crippen molar-refractivity contribution in [1.29, 1.82) is 0 Å². The van der Waals surface area contributed by atoms with Crippen LogP contribution in [0.3, 0.4) is 0 Å². The number of amides is 1. The summed E-state index contributed by atoms with van der Waals surface area (Å²) in [6.07, 6.45) is 4.08. The number of aryl methyl sites for hydroxylation is 1. The third-order valence-electron chi connectivity index (χ3n) is 2.53. The fourth-order valence-corrected chi connectivity index (χ4v) is 1.20. The van der Waals surface area contributed by atoms with E-state index in [0.29, 0.717) is 6.54 Å². The molecule has 1 amide bonds. The minimum Gasteiger partial charge on any atom is -0.368 e. The van der Waals surface area contributed by atoms with Crippen molar-refractivity contribution in [3.8, 4) is 0 Å². The number of carbonyl (C=O) groups excluding carboxylic acids is 1. The number of rotatable bonds is 5. The van der Waals surface area contributed by atoms with Gasteiger partial charge >= 0.3 is 0 Å². The number of aromatic nitrogens is 1. The molecule has 1 rings (SSSR count). The van der Waals surface area contributed by atoms with E-state index in [4.69, 9.17) is 5.73 Å².